The lowest BCUT2D eigenvalue weighted by Gasteiger charge is -2.23. The van der Waals surface area contributed by atoms with Crippen molar-refractivity contribution in [2.24, 2.45) is 0 Å². The Hall–Kier alpha value is -1.34. The van der Waals surface area contributed by atoms with E-state index in [1.165, 1.54) is 0 Å². The summed E-state index contributed by atoms with van der Waals surface area (Å²) in [5, 5.41) is 8.35. The van der Waals surface area contributed by atoms with Crippen LogP contribution in [-0.2, 0) is 9.63 Å². The Kier molecular flexibility index (Phi) is 8.08. The third-order valence-corrected chi connectivity index (χ3v) is 1.95. The summed E-state index contributed by atoms with van der Waals surface area (Å²) in [4.78, 5) is 29.9. The van der Waals surface area contributed by atoms with E-state index in [4.69, 9.17) is 5.11 Å². The standard InChI is InChI=1S/C10H21N3O4/c1-4-5-13(7-6-12(2)3)10(16)11-17-8-9(14)15/h4-8H2,1-3H3,(H,11,16)(H,14,15). The van der Waals surface area contributed by atoms with Gasteiger partial charge in [-0.05, 0) is 20.5 Å². The number of rotatable bonds is 8. The van der Waals surface area contributed by atoms with Crippen molar-refractivity contribution in [3.8, 4) is 0 Å². The molecule has 7 nitrogen and oxygen atoms in total. The second-order valence-corrected chi connectivity index (χ2v) is 3.88. The third kappa shape index (κ3) is 8.47. The van der Waals surface area contributed by atoms with Crippen LogP contribution < -0.4 is 5.48 Å². The maximum absolute atomic E-state index is 11.6. The van der Waals surface area contributed by atoms with E-state index in [1.807, 2.05) is 25.9 Å². The van der Waals surface area contributed by atoms with E-state index < -0.39 is 18.6 Å². The number of carbonyl (C=O) groups is 2. The second-order valence-electron chi connectivity index (χ2n) is 3.88. The molecular weight excluding hydrogens is 226 g/mol. The fourth-order valence-corrected chi connectivity index (χ4v) is 1.13. The summed E-state index contributed by atoms with van der Waals surface area (Å²) in [5.41, 5.74) is 2.11. The summed E-state index contributed by atoms with van der Waals surface area (Å²) >= 11 is 0. The molecule has 0 bridgehead atoms. The van der Waals surface area contributed by atoms with Gasteiger partial charge >= 0.3 is 12.0 Å². The smallest absolute Gasteiger partial charge is 0.341 e. The van der Waals surface area contributed by atoms with E-state index >= 15 is 0 Å². The van der Waals surface area contributed by atoms with Crippen molar-refractivity contribution in [2.45, 2.75) is 13.3 Å². The van der Waals surface area contributed by atoms with Gasteiger partial charge in [0.1, 0.15) is 0 Å². The molecule has 2 amide bonds. The third-order valence-electron chi connectivity index (χ3n) is 1.95. The van der Waals surface area contributed by atoms with Crippen LogP contribution in [0.25, 0.3) is 0 Å². The molecule has 100 valence electrons. The molecular formula is C10H21N3O4. The Bertz CT molecular complexity index is 246. The first-order valence-corrected chi connectivity index (χ1v) is 5.50. The number of likely N-dealkylation sites (N-methyl/N-ethyl adjacent to an activating group) is 1. The molecule has 0 spiro atoms. The maximum Gasteiger partial charge on any atom is 0.341 e. The van der Waals surface area contributed by atoms with E-state index in [1.54, 1.807) is 4.90 Å². The van der Waals surface area contributed by atoms with Gasteiger partial charge in [0.25, 0.3) is 0 Å². The topological polar surface area (TPSA) is 82.1 Å². The van der Waals surface area contributed by atoms with Gasteiger partial charge in [-0.1, -0.05) is 6.92 Å². The van der Waals surface area contributed by atoms with Crippen molar-refractivity contribution < 1.29 is 19.5 Å². The van der Waals surface area contributed by atoms with Crippen LogP contribution in [0.5, 0.6) is 0 Å². The molecule has 17 heavy (non-hydrogen) atoms. The number of hydroxylamine groups is 1. The van der Waals surface area contributed by atoms with Gasteiger partial charge in [-0.15, -0.1) is 0 Å². The Morgan fingerprint density at radius 1 is 1.24 bits per heavy atom. The van der Waals surface area contributed by atoms with Crippen molar-refractivity contribution in [2.75, 3.05) is 40.3 Å². The van der Waals surface area contributed by atoms with Crippen LogP contribution in [0.1, 0.15) is 13.3 Å². The number of carboxylic acid groups (broad SMARTS) is 1. The number of urea groups is 1. The Morgan fingerprint density at radius 2 is 1.88 bits per heavy atom. The number of hydrogen-bond acceptors (Lipinski definition) is 4. The molecule has 0 aromatic carbocycles. The van der Waals surface area contributed by atoms with Gasteiger partial charge < -0.3 is 14.9 Å². The van der Waals surface area contributed by atoms with Crippen molar-refractivity contribution in [3.63, 3.8) is 0 Å². The first-order chi connectivity index (χ1) is 7.97. The zero-order chi connectivity index (χ0) is 13.3. The molecule has 0 rings (SSSR count). The summed E-state index contributed by atoms with van der Waals surface area (Å²) in [7, 11) is 3.84. The Morgan fingerprint density at radius 3 is 2.35 bits per heavy atom. The number of amides is 2. The van der Waals surface area contributed by atoms with Crippen LogP contribution in [0.15, 0.2) is 0 Å². The zero-order valence-electron chi connectivity index (χ0n) is 10.6. The summed E-state index contributed by atoms with van der Waals surface area (Å²) < 4.78 is 0. The molecule has 0 saturated heterocycles. The molecule has 0 saturated carbocycles. The van der Waals surface area contributed by atoms with Gasteiger partial charge in [0.2, 0.25) is 0 Å². The van der Waals surface area contributed by atoms with Crippen LogP contribution in [-0.4, -0.2) is 67.2 Å². The van der Waals surface area contributed by atoms with Gasteiger partial charge in [-0.3, -0.25) is 4.84 Å². The molecule has 0 radical (unpaired) electrons. The highest BCUT2D eigenvalue weighted by atomic mass is 16.7. The molecule has 0 aromatic rings. The first-order valence-electron chi connectivity index (χ1n) is 5.50. The lowest BCUT2D eigenvalue weighted by atomic mass is 10.4. The maximum atomic E-state index is 11.6. The van der Waals surface area contributed by atoms with Gasteiger partial charge in [-0.25, -0.2) is 15.1 Å². The average Bonchev–Trinajstić information content (AvgIpc) is 2.23. The summed E-state index contributed by atoms with van der Waals surface area (Å²) in [6, 6.07) is -0.407. The molecule has 0 aliphatic carbocycles. The minimum atomic E-state index is -1.12. The average molecular weight is 247 g/mol. The van der Waals surface area contributed by atoms with E-state index in [9.17, 15) is 9.59 Å². The molecule has 0 unspecified atom stereocenters. The van der Waals surface area contributed by atoms with Crippen LogP contribution in [0.3, 0.4) is 0 Å². The predicted molar refractivity (Wildman–Crippen MR) is 62.5 cm³/mol. The van der Waals surface area contributed by atoms with Crippen molar-refractivity contribution >= 4 is 12.0 Å². The van der Waals surface area contributed by atoms with Gasteiger partial charge in [0.15, 0.2) is 6.61 Å². The first kappa shape index (κ1) is 15.7. The van der Waals surface area contributed by atoms with Crippen LogP contribution in [0, 0.1) is 0 Å². The van der Waals surface area contributed by atoms with Gasteiger partial charge in [0.05, 0.1) is 0 Å². The van der Waals surface area contributed by atoms with Crippen LogP contribution in [0.2, 0.25) is 0 Å². The van der Waals surface area contributed by atoms with Gasteiger partial charge in [-0.2, -0.15) is 0 Å². The fourth-order valence-electron chi connectivity index (χ4n) is 1.13. The fraction of sp³-hybridized carbons (Fsp3) is 0.800. The SMILES string of the molecule is CCCN(CCN(C)C)C(=O)NOCC(=O)O. The van der Waals surface area contributed by atoms with E-state index in [0.29, 0.717) is 13.1 Å². The Balaban J connectivity index is 4.00. The number of nitrogens with one attached hydrogen (secondary N) is 1. The van der Waals surface area contributed by atoms with Crippen LogP contribution in [0.4, 0.5) is 4.79 Å². The minimum Gasteiger partial charge on any atom is -0.479 e. The number of carbonyl (C=O) groups excluding carboxylic acids is 1. The number of aliphatic carboxylic acids is 1. The molecule has 0 atom stereocenters. The molecule has 0 aromatic heterocycles. The summed E-state index contributed by atoms with van der Waals surface area (Å²) in [6.07, 6.45) is 0.833. The quantitative estimate of drug-likeness (QED) is 0.589. The van der Waals surface area contributed by atoms with E-state index in [0.717, 1.165) is 13.0 Å². The largest absolute Gasteiger partial charge is 0.479 e. The second kappa shape index (κ2) is 8.77. The van der Waals surface area contributed by atoms with Gasteiger partial charge in [0, 0.05) is 19.6 Å². The highest BCUT2D eigenvalue weighted by molar-refractivity contribution is 5.73. The predicted octanol–water partition coefficient (Wildman–Crippen LogP) is -0.0142. The highest BCUT2D eigenvalue weighted by Gasteiger charge is 2.12. The Labute approximate surface area is 101 Å². The van der Waals surface area contributed by atoms with Crippen molar-refractivity contribution in [1.29, 1.82) is 0 Å². The summed E-state index contributed by atoms with van der Waals surface area (Å²) in [6.45, 7) is 3.35. The van der Waals surface area contributed by atoms with Crippen molar-refractivity contribution in [1.82, 2.24) is 15.3 Å². The lowest BCUT2D eigenvalue weighted by Crippen LogP contribution is -2.43. The molecule has 0 aliphatic heterocycles. The zero-order valence-corrected chi connectivity index (χ0v) is 10.6. The molecule has 7 heteroatoms. The number of nitrogens with zero attached hydrogens (tertiary/aromatic N) is 2. The summed E-state index contributed by atoms with van der Waals surface area (Å²) in [5.74, 6) is -1.12. The van der Waals surface area contributed by atoms with Crippen molar-refractivity contribution in [3.05, 3.63) is 0 Å². The highest BCUT2D eigenvalue weighted by Crippen LogP contribution is 1.93. The lowest BCUT2D eigenvalue weighted by molar-refractivity contribution is -0.144. The number of hydrogen-bond donors (Lipinski definition) is 2. The minimum absolute atomic E-state index is 0.407. The molecule has 2 N–H and O–H groups in total. The van der Waals surface area contributed by atoms with E-state index in [-0.39, 0.29) is 0 Å². The number of carboxylic acids is 1. The monoisotopic (exact) mass is 247 g/mol. The normalized spacial score (nSPS) is 10.4. The molecule has 0 fully saturated rings. The molecule has 0 heterocycles. The molecule has 0 aliphatic rings. The van der Waals surface area contributed by atoms with Crippen LogP contribution >= 0.6 is 0 Å². The van der Waals surface area contributed by atoms with E-state index in [2.05, 4.69) is 10.3 Å².